The molecule has 0 aromatic rings. The molecule has 1 atom stereocenters. The van der Waals surface area contributed by atoms with Gasteiger partial charge in [0.2, 0.25) is 5.91 Å². The fraction of sp³-hybridized carbons (Fsp3) is 0.714. The zero-order valence-electron chi connectivity index (χ0n) is 6.54. The third kappa shape index (κ3) is 1.40. The lowest BCUT2D eigenvalue weighted by molar-refractivity contribution is -0.144. The van der Waals surface area contributed by atoms with E-state index in [1.54, 1.807) is 4.90 Å². The smallest absolute Gasteiger partial charge is 0.220 e. The van der Waals surface area contributed by atoms with E-state index in [-0.39, 0.29) is 24.3 Å². The molecular formula is C7H12N2O2. The van der Waals surface area contributed by atoms with Gasteiger partial charge in [0.25, 0.3) is 0 Å². The first-order chi connectivity index (χ1) is 5.16. The molecule has 1 amide bonds. The standard InChI is InChI=1S/C7H12N2O2/c1-5(10)9-3-2-6(9)7(11)4-8/h6H,2-4,8H2,1H3. The van der Waals surface area contributed by atoms with Crippen molar-refractivity contribution in [3.8, 4) is 0 Å². The lowest BCUT2D eigenvalue weighted by atomic mass is 9.99. The van der Waals surface area contributed by atoms with Gasteiger partial charge in [-0.2, -0.15) is 0 Å². The predicted molar refractivity (Wildman–Crippen MR) is 39.9 cm³/mol. The van der Waals surface area contributed by atoms with Crippen LogP contribution >= 0.6 is 0 Å². The van der Waals surface area contributed by atoms with E-state index in [0.717, 1.165) is 6.42 Å². The lowest BCUT2D eigenvalue weighted by Crippen LogP contribution is -2.55. The van der Waals surface area contributed by atoms with E-state index < -0.39 is 0 Å². The maximum absolute atomic E-state index is 11.0. The van der Waals surface area contributed by atoms with Gasteiger partial charge in [-0.15, -0.1) is 0 Å². The van der Waals surface area contributed by atoms with Crippen molar-refractivity contribution in [3.63, 3.8) is 0 Å². The molecule has 1 aliphatic heterocycles. The van der Waals surface area contributed by atoms with Crippen molar-refractivity contribution in [1.82, 2.24) is 4.90 Å². The van der Waals surface area contributed by atoms with Gasteiger partial charge >= 0.3 is 0 Å². The van der Waals surface area contributed by atoms with Crippen LogP contribution in [0.15, 0.2) is 0 Å². The largest absolute Gasteiger partial charge is 0.333 e. The average molecular weight is 156 g/mol. The predicted octanol–water partition coefficient (Wildman–Crippen LogP) is -0.865. The summed E-state index contributed by atoms with van der Waals surface area (Å²) in [7, 11) is 0. The van der Waals surface area contributed by atoms with Crippen LogP contribution in [0, 0.1) is 0 Å². The molecule has 0 bridgehead atoms. The summed E-state index contributed by atoms with van der Waals surface area (Å²) in [5.41, 5.74) is 5.16. The van der Waals surface area contributed by atoms with Gasteiger partial charge in [-0.1, -0.05) is 0 Å². The van der Waals surface area contributed by atoms with Gasteiger partial charge in [-0.25, -0.2) is 0 Å². The number of hydrogen-bond donors (Lipinski definition) is 1. The van der Waals surface area contributed by atoms with Crippen molar-refractivity contribution < 1.29 is 9.59 Å². The van der Waals surface area contributed by atoms with Crippen molar-refractivity contribution >= 4 is 11.7 Å². The second-order valence-electron chi connectivity index (χ2n) is 2.69. The first kappa shape index (κ1) is 8.20. The summed E-state index contributed by atoms with van der Waals surface area (Å²) < 4.78 is 0. The van der Waals surface area contributed by atoms with E-state index in [2.05, 4.69) is 0 Å². The second-order valence-corrected chi connectivity index (χ2v) is 2.69. The molecule has 1 aliphatic rings. The zero-order chi connectivity index (χ0) is 8.43. The molecule has 62 valence electrons. The van der Waals surface area contributed by atoms with Crippen LogP contribution in [0.25, 0.3) is 0 Å². The highest BCUT2D eigenvalue weighted by molar-refractivity contribution is 5.91. The Bertz CT molecular complexity index is 191. The number of carbonyl (C=O) groups is 2. The summed E-state index contributed by atoms with van der Waals surface area (Å²) in [6.07, 6.45) is 0.773. The Morgan fingerprint density at radius 2 is 2.27 bits per heavy atom. The SMILES string of the molecule is CC(=O)N1CCC1C(=O)CN. The van der Waals surface area contributed by atoms with Crippen molar-refractivity contribution in [2.75, 3.05) is 13.1 Å². The number of nitrogens with zero attached hydrogens (tertiary/aromatic N) is 1. The van der Waals surface area contributed by atoms with Crippen LogP contribution in [0.3, 0.4) is 0 Å². The van der Waals surface area contributed by atoms with Crippen LogP contribution in [-0.4, -0.2) is 35.7 Å². The first-order valence-corrected chi connectivity index (χ1v) is 3.67. The van der Waals surface area contributed by atoms with Gasteiger partial charge in [-0.05, 0) is 6.42 Å². The molecule has 0 aromatic carbocycles. The number of Topliss-reactive ketones (excluding diaryl/α,β-unsaturated/α-hetero) is 1. The highest BCUT2D eigenvalue weighted by Gasteiger charge is 2.34. The van der Waals surface area contributed by atoms with Crippen molar-refractivity contribution in [1.29, 1.82) is 0 Å². The molecule has 1 saturated heterocycles. The van der Waals surface area contributed by atoms with E-state index in [4.69, 9.17) is 5.73 Å². The van der Waals surface area contributed by atoms with Crippen molar-refractivity contribution in [2.24, 2.45) is 5.73 Å². The van der Waals surface area contributed by atoms with Gasteiger partial charge in [0.05, 0.1) is 12.6 Å². The van der Waals surface area contributed by atoms with Gasteiger partial charge in [-0.3, -0.25) is 9.59 Å². The zero-order valence-corrected chi connectivity index (χ0v) is 6.54. The Morgan fingerprint density at radius 1 is 1.64 bits per heavy atom. The Balaban J connectivity index is 2.49. The molecule has 2 N–H and O–H groups in total. The number of hydrogen-bond acceptors (Lipinski definition) is 3. The molecule has 0 aromatic heterocycles. The molecular weight excluding hydrogens is 144 g/mol. The summed E-state index contributed by atoms with van der Waals surface area (Å²) in [5, 5.41) is 0. The van der Waals surface area contributed by atoms with Crippen LogP contribution < -0.4 is 5.73 Å². The maximum atomic E-state index is 11.0. The quantitative estimate of drug-likeness (QED) is 0.565. The van der Waals surface area contributed by atoms with Crippen LogP contribution in [0.1, 0.15) is 13.3 Å². The summed E-state index contributed by atoms with van der Waals surface area (Å²) in [6.45, 7) is 2.20. The molecule has 0 saturated carbocycles. The van der Waals surface area contributed by atoms with E-state index in [1.165, 1.54) is 6.92 Å². The van der Waals surface area contributed by atoms with E-state index in [0.29, 0.717) is 6.54 Å². The van der Waals surface area contributed by atoms with Gasteiger partial charge < -0.3 is 10.6 Å². The first-order valence-electron chi connectivity index (χ1n) is 3.67. The molecule has 0 radical (unpaired) electrons. The lowest BCUT2D eigenvalue weighted by Gasteiger charge is -2.38. The summed E-state index contributed by atoms with van der Waals surface area (Å²) >= 11 is 0. The Labute approximate surface area is 65.3 Å². The minimum absolute atomic E-state index is 0.0357. The average Bonchev–Trinajstić information content (AvgIpc) is 1.83. The van der Waals surface area contributed by atoms with Crippen molar-refractivity contribution in [2.45, 2.75) is 19.4 Å². The molecule has 0 spiro atoms. The van der Waals surface area contributed by atoms with Gasteiger partial charge in [0, 0.05) is 13.5 Å². The molecule has 4 nitrogen and oxygen atoms in total. The molecule has 1 heterocycles. The van der Waals surface area contributed by atoms with E-state index in [9.17, 15) is 9.59 Å². The minimum atomic E-state index is -0.225. The molecule has 1 rings (SSSR count). The minimum Gasteiger partial charge on any atom is -0.333 e. The number of ketones is 1. The summed E-state index contributed by atoms with van der Waals surface area (Å²) in [4.78, 5) is 23.3. The molecule has 1 fully saturated rings. The fourth-order valence-corrected chi connectivity index (χ4v) is 1.24. The van der Waals surface area contributed by atoms with Crippen LogP contribution in [0.2, 0.25) is 0 Å². The fourth-order valence-electron chi connectivity index (χ4n) is 1.24. The van der Waals surface area contributed by atoms with Crippen LogP contribution in [-0.2, 0) is 9.59 Å². The third-order valence-electron chi connectivity index (χ3n) is 2.00. The number of amides is 1. The maximum Gasteiger partial charge on any atom is 0.220 e. The van der Waals surface area contributed by atoms with Gasteiger partial charge in [0.1, 0.15) is 0 Å². The number of carbonyl (C=O) groups excluding carboxylic acids is 2. The normalized spacial score (nSPS) is 22.7. The Morgan fingerprint density at radius 3 is 2.55 bits per heavy atom. The highest BCUT2D eigenvalue weighted by Crippen LogP contribution is 2.17. The number of likely N-dealkylation sites (tertiary alicyclic amines) is 1. The van der Waals surface area contributed by atoms with Crippen molar-refractivity contribution in [3.05, 3.63) is 0 Å². The number of nitrogens with two attached hydrogens (primary N) is 1. The topological polar surface area (TPSA) is 63.4 Å². The van der Waals surface area contributed by atoms with Crippen LogP contribution in [0.4, 0.5) is 0 Å². The van der Waals surface area contributed by atoms with E-state index in [1.807, 2.05) is 0 Å². The Kier molecular flexibility index (Phi) is 2.24. The molecule has 0 aliphatic carbocycles. The second kappa shape index (κ2) is 3.00. The summed E-state index contributed by atoms with van der Waals surface area (Å²) in [5.74, 6) is -0.0745. The molecule has 11 heavy (non-hydrogen) atoms. The van der Waals surface area contributed by atoms with E-state index >= 15 is 0 Å². The highest BCUT2D eigenvalue weighted by atomic mass is 16.2. The molecule has 1 unspecified atom stereocenters. The monoisotopic (exact) mass is 156 g/mol. The summed E-state index contributed by atoms with van der Waals surface area (Å²) in [6, 6.07) is -0.225. The Hall–Kier alpha value is -0.900. The molecule has 4 heteroatoms. The third-order valence-corrected chi connectivity index (χ3v) is 2.00. The van der Waals surface area contributed by atoms with Gasteiger partial charge in [0.15, 0.2) is 5.78 Å². The number of rotatable bonds is 2. The van der Waals surface area contributed by atoms with Crippen LogP contribution in [0.5, 0.6) is 0 Å².